The van der Waals surface area contributed by atoms with E-state index in [9.17, 15) is 4.79 Å². The predicted octanol–water partition coefficient (Wildman–Crippen LogP) is 7.65. The smallest absolute Gasteiger partial charge is 0.330 e. The molecule has 3 aromatic rings. The summed E-state index contributed by atoms with van der Waals surface area (Å²) in [4.78, 5) is 13.4. The SMILES string of the molecule is C[C@@H]1CC[C@@H](C(C)(C)c2ccccc2)[C@H](OC(=O)/C=C/[C@@H]2CCCCN2P(=O)(c2ccccc2)c2ccccc2)C1. The van der Waals surface area contributed by atoms with Crippen LogP contribution in [0, 0.1) is 11.8 Å². The van der Waals surface area contributed by atoms with Gasteiger partial charge in [0, 0.05) is 35.2 Å². The molecule has 0 N–H and O–H groups in total. The molecule has 0 unspecified atom stereocenters. The Bertz CT molecular complexity index is 1310. The van der Waals surface area contributed by atoms with E-state index >= 15 is 4.57 Å². The first kappa shape index (κ1) is 29.5. The maximum Gasteiger partial charge on any atom is 0.330 e. The van der Waals surface area contributed by atoms with Crippen LogP contribution in [-0.2, 0) is 19.5 Å². The molecule has 1 aliphatic carbocycles. The van der Waals surface area contributed by atoms with Gasteiger partial charge in [0.1, 0.15) is 6.10 Å². The molecular weight excluding hydrogens is 525 g/mol. The fourth-order valence-corrected chi connectivity index (χ4v) is 10.0. The zero-order chi connectivity index (χ0) is 28.9. The van der Waals surface area contributed by atoms with Gasteiger partial charge in [-0.1, -0.05) is 106 Å². The summed E-state index contributed by atoms with van der Waals surface area (Å²) in [5, 5.41) is 1.66. The molecule has 5 rings (SSSR count). The lowest BCUT2D eigenvalue weighted by atomic mass is 9.64. The molecule has 0 bridgehead atoms. The Morgan fingerprint density at radius 2 is 1.44 bits per heavy atom. The van der Waals surface area contributed by atoms with Crippen LogP contribution < -0.4 is 10.6 Å². The van der Waals surface area contributed by atoms with Crippen molar-refractivity contribution in [2.75, 3.05) is 6.54 Å². The van der Waals surface area contributed by atoms with E-state index in [0.29, 0.717) is 5.92 Å². The Kier molecular flexibility index (Phi) is 9.32. The van der Waals surface area contributed by atoms with Gasteiger partial charge < -0.3 is 4.74 Å². The van der Waals surface area contributed by atoms with Crippen LogP contribution in [0.1, 0.15) is 64.9 Å². The Balaban J connectivity index is 1.37. The summed E-state index contributed by atoms with van der Waals surface area (Å²) in [6, 6.07) is 30.1. The van der Waals surface area contributed by atoms with Gasteiger partial charge in [0.25, 0.3) is 0 Å². The third-order valence-electron chi connectivity index (χ3n) is 9.31. The standard InChI is InChI=1S/C36H44NO3P/c1-28-22-24-33(36(2,3)29-15-7-4-8-16-29)34(27-28)40-35(38)25-23-30-17-13-14-26-37(30)41(39,31-18-9-5-10-19-31)32-20-11-6-12-21-32/h4-12,15-16,18-21,23,25,28,30,33-34H,13-14,17,22,24,26-27H2,1-3H3/b25-23+/t28-,30+,33-,34-/m1/s1. The fourth-order valence-electron chi connectivity index (χ4n) is 6.94. The zero-order valence-electron chi connectivity index (χ0n) is 24.7. The molecule has 2 aliphatic rings. The van der Waals surface area contributed by atoms with Crippen LogP contribution >= 0.6 is 7.29 Å². The van der Waals surface area contributed by atoms with Crippen LogP contribution in [0.15, 0.2) is 103 Å². The topological polar surface area (TPSA) is 46.6 Å². The third-order valence-corrected chi connectivity index (χ3v) is 12.5. The Morgan fingerprint density at radius 1 is 0.854 bits per heavy atom. The van der Waals surface area contributed by atoms with Crippen LogP contribution in [0.5, 0.6) is 0 Å². The van der Waals surface area contributed by atoms with Crippen molar-refractivity contribution in [3.05, 3.63) is 109 Å². The molecule has 2 fully saturated rings. The molecule has 0 aromatic heterocycles. The maximum absolute atomic E-state index is 15.0. The van der Waals surface area contributed by atoms with E-state index in [1.165, 1.54) is 5.56 Å². The van der Waals surface area contributed by atoms with Crippen LogP contribution in [-0.4, -0.2) is 29.3 Å². The maximum atomic E-state index is 15.0. The minimum absolute atomic E-state index is 0.103. The molecule has 0 amide bonds. The fraction of sp³-hybridized carbons (Fsp3) is 0.417. The summed E-state index contributed by atoms with van der Waals surface area (Å²) in [7, 11) is -3.09. The molecule has 0 spiro atoms. The second kappa shape index (κ2) is 12.9. The van der Waals surface area contributed by atoms with Gasteiger partial charge in [0.05, 0.1) is 0 Å². The third kappa shape index (κ3) is 6.45. The van der Waals surface area contributed by atoms with Crippen LogP contribution in [0.25, 0.3) is 0 Å². The van der Waals surface area contributed by atoms with Crippen molar-refractivity contribution >= 4 is 23.9 Å². The quantitative estimate of drug-likeness (QED) is 0.159. The van der Waals surface area contributed by atoms with E-state index in [4.69, 9.17) is 4.74 Å². The highest BCUT2D eigenvalue weighted by atomic mass is 31.2. The first-order valence-electron chi connectivity index (χ1n) is 15.2. The van der Waals surface area contributed by atoms with Gasteiger partial charge in [0.15, 0.2) is 0 Å². The van der Waals surface area contributed by atoms with Crippen molar-refractivity contribution in [1.29, 1.82) is 0 Å². The minimum atomic E-state index is -3.09. The highest BCUT2D eigenvalue weighted by molar-refractivity contribution is 7.76. The van der Waals surface area contributed by atoms with Crippen molar-refractivity contribution in [2.45, 2.75) is 76.9 Å². The van der Waals surface area contributed by atoms with E-state index in [-0.39, 0.29) is 29.4 Å². The lowest BCUT2D eigenvalue weighted by molar-refractivity contribution is -0.150. The lowest BCUT2D eigenvalue weighted by Crippen LogP contribution is -2.43. The number of rotatable bonds is 8. The molecule has 1 saturated heterocycles. The zero-order valence-corrected chi connectivity index (χ0v) is 25.6. The van der Waals surface area contributed by atoms with Crippen LogP contribution in [0.4, 0.5) is 0 Å². The van der Waals surface area contributed by atoms with Crippen molar-refractivity contribution in [3.63, 3.8) is 0 Å². The van der Waals surface area contributed by atoms with Gasteiger partial charge in [-0.15, -0.1) is 0 Å². The number of carbonyl (C=O) groups is 1. The summed E-state index contributed by atoms with van der Waals surface area (Å²) >= 11 is 0. The molecular formula is C36H44NO3P. The summed E-state index contributed by atoms with van der Waals surface area (Å²) in [5.41, 5.74) is 1.18. The normalized spacial score (nSPS) is 24.3. The number of piperidine rings is 1. The van der Waals surface area contributed by atoms with Crippen LogP contribution in [0.2, 0.25) is 0 Å². The lowest BCUT2D eigenvalue weighted by Gasteiger charge is -2.44. The molecule has 5 heteroatoms. The Morgan fingerprint density at radius 3 is 2.05 bits per heavy atom. The summed E-state index contributed by atoms with van der Waals surface area (Å²) in [5.74, 6) is 0.481. The highest BCUT2D eigenvalue weighted by Gasteiger charge is 2.42. The van der Waals surface area contributed by atoms with Gasteiger partial charge in [-0.05, 0) is 66.8 Å². The first-order chi connectivity index (χ1) is 19.8. The van der Waals surface area contributed by atoms with Gasteiger partial charge in [0.2, 0.25) is 7.29 Å². The van der Waals surface area contributed by atoms with E-state index in [1.807, 2.05) is 72.8 Å². The van der Waals surface area contributed by atoms with Crippen LogP contribution in [0.3, 0.4) is 0 Å². The number of esters is 1. The first-order valence-corrected chi connectivity index (χ1v) is 16.9. The van der Waals surface area contributed by atoms with Crippen molar-refractivity contribution < 1.29 is 14.1 Å². The van der Waals surface area contributed by atoms with E-state index in [0.717, 1.165) is 55.7 Å². The molecule has 41 heavy (non-hydrogen) atoms. The molecule has 1 heterocycles. The van der Waals surface area contributed by atoms with E-state index in [1.54, 1.807) is 6.08 Å². The Hall–Kier alpha value is -2.94. The summed E-state index contributed by atoms with van der Waals surface area (Å²) < 4.78 is 23.4. The van der Waals surface area contributed by atoms with Gasteiger partial charge in [-0.3, -0.25) is 4.57 Å². The molecule has 3 aromatic carbocycles. The van der Waals surface area contributed by atoms with Gasteiger partial charge >= 0.3 is 5.97 Å². The largest absolute Gasteiger partial charge is 0.459 e. The monoisotopic (exact) mass is 569 g/mol. The number of hydrogen-bond acceptors (Lipinski definition) is 3. The van der Waals surface area contributed by atoms with Crippen molar-refractivity contribution in [3.8, 4) is 0 Å². The highest BCUT2D eigenvalue weighted by Crippen LogP contribution is 2.51. The number of benzene rings is 3. The van der Waals surface area contributed by atoms with Crippen molar-refractivity contribution in [2.24, 2.45) is 11.8 Å². The molecule has 1 aliphatic heterocycles. The molecule has 216 valence electrons. The van der Waals surface area contributed by atoms with E-state index in [2.05, 4.69) is 49.7 Å². The number of ether oxygens (including phenoxy) is 1. The molecule has 0 radical (unpaired) electrons. The average Bonchev–Trinajstić information content (AvgIpc) is 3.01. The van der Waals surface area contributed by atoms with Gasteiger partial charge in [-0.25, -0.2) is 9.46 Å². The van der Waals surface area contributed by atoms with E-state index < -0.39 is 7.29 Å². The number of carbonyl (C=O) groups excluding carboxylic acids is 1. The van der Waals surface area contributed by atoms with Gasteiger partial charge in [-0.2, -0.15) is 0 Å². The summed E-state index contributed by atoms with van der Waals surface area (Å²) in [6.07, 6.45) is 9.37. The predicted molar refractivity (Wildman–Crippen MR) is 169 cm³/mol. The number of nitrogens with zero attached hydrogens (tertiary/aromatic N) is 1. The second-order valence-electron chi connectivity index (χ2n) is 12.4. The molecule has 4 nitrogen and oxygen atoms in total. The second-order valence-corrected chi connectivity index (χ2v) is 15.1. The number of hydrogen-bond donors (Lipinski definition) is 0. The average molecular weight is 570 g/mol. The Labute approximate surface area is 246 Å². The molecule has 1 saturated carbocycles. The minimum Gasteiger partial charge on any atom is -0.459 e. The molecule has 4 atom stereocenters. The summed E-state index contributed by atoms with van der Waals surface area (Å²) in [6.45, 7) is 7.54. The van der Waals surface area contributed by atoms with Crippen molar-refractivity contribution in [1.82, 2.24) is 4.67 Å².